The molecule has 1 aromatic heterocycles. The van der Waals surface area contributed by atoms with Gasteiger partial charge in [-0.25, -0.2) is 4.98 Å². The van der Waals surface area contributed by atoms with E-state index in [1.165, 1.54) is 0 Å². The molecule has 106 valence electrons. The van der Waals surface area contributed by atoms with Crippen molar-refractivity contribution < 1.29 is 0 Å². The van der Waals surface area contributed by atoms with E-state index in [4.69, 9.17) is 5.73 Å². The molecule has 0 aliphatic rings. The Morgan fingerprint density at radius 2 is 2.00 bits per heavy atom. The number of hydrogen-bond donors (Lipinski definition) is 2. The van der Waals surface area contributed by atoms with Crippen LogP contribution in [0.4, 0.5) is 5.69 Å². The van der Waals surface area contributed by atoms with Crippen LogP contribution in [0.15, 0.2) is 52.2 Å². The average Bonchev–Trinajstić information content (AvgIpc) is 2.49. The summed E-state index contributed by atoms with van der Waals surface area (Å²) in [7, 11) is 0. The SMILES string of the molecule is Cc1cccc(SCc2nc3ccccc3c(=O)[nH]2)c1N. The van der Waals surface area contributed by atoms with Crippen molar-refractivity contribution in [3.05, 3.63) is 64.2 Å². The second-order valence-corrected chi connectivity index (χ2v) is 5.82. The molecule has 0 fully saturated rings. The van der Waals surface area contributed by atoms with Crippen LogP contribution in [-0.2, 0) is 5.75 Å². The number of hydrogen-bond acceptors (Lipinski definition) is 4. The molecule has 5 heteroatoms. The minimum Gasteiger partial charge on any atom is -0.398 e. The van der Waals surface area contributed by atoms with Crippen LogP contribution in [0.1, 0.15) is 11.4 Å². The van der Waals surface area contributed by atoms with E-state index in [2.05, 4.69) is 9.97 Å². The van der Waals surface area contributed by atoms with Crippen LogP contribution in [0.25, 0.3) is 10.9 Å². The second-order valence-electron chi connectivity index (χ2n) is 4.81. The monoisotopic (exact) mass is 297 g/mol. The third-order valence-electron chi connectivity index (χ3n) is 3.31. The summed E-state index contributed by atoms with van der Waals surface area (Å²) in [6.07, 6.45) is 0. The van der Waals surface area contributed by atoms with Gasteiger partial charge in [0.15, 0.2) is 0 Å². The number of H-pyrrole nitrogens is 1. The summed E-state index contributed by atoms with van der Waals surface area (Å²) >= 11 is 1.57. The molecular weight excluding hydrogens is 282 g/mol. The first-order valence-corrected chi connectivity index (χ1v) is 7.59. The number of nitrogens with one attached hydrogen (secondary N) is 1. The van der Waals surface area contributed by atoms with Crippen LogP contribution in [0.5, 0.6) is 0 Å². The van der Waals surface area contributed by atoms with Crippen LogP contribution >= 0.6 is 11.8 Å². The molecule has 0 amide bonds. The van der Waals surface area contributed by atoms with Crippen molar-refractivity contribution in [2.75, 3.05) is 5.73 Å². The van der Waals surface area contributed by atoms with Crippen LogP contribution < -0.4 is 11.3 Å². The lowest BCUT2D eigenvalue weighted by molar-refractivity contribution is 1.04. The van der Waals surface area contributed by atoms with E-state index in [0.29, 0.717) is 22.5 Å². The number of para-hydroxylation sites is 2. The number of nitrogens with zero attached hydrogens (tertiary/aromatic N) is 1. The van der Waals surface area contributed by atoms with Gasteiger partial charge in [-0.2, -0.15) is 0 Å². The zero-order valence-corrected chi connectivity index (χ0v) is 12.4. The van der Waals surface area contributed by atoms with Gasteiger partial charge in [0.1, 0.15) is 5.82 Å². The Hall–Kier alpha value is -2.27. The second kappa shape index (κ2) is 5.61. The molecule has 3 aromatic rings. The number of aromatic amines is 1. The first kappa shape index (κ1) is 13.7. The number of anilines is 1. The number of nitrogens with two attached hydrogens (primary N) is 1. The summed E-state index contributed by atoms with van der Waals surface area (Å²) in [5, 5.41) is 0.612. The predicted octanol–water partition coefficient (Wildman–Crippen LogP) is 3.11. The first-order chi connectivity index (χ1) is 10.1. The summed E-state index contributed by atoms with van der Waals surface area (Å²) < 4.78 is 0. The third kappa shape index (κ3) is 2.78. The van der Waals surface area contributed by atoms with Crippen molar-refractivity contribution in [3.63, 3.8) is 0 Å². The van der Waals surface area contributed by atoms with Gasteiger partial charge in [-0.15, -0.1) is 11.8 Å². The molecule has 21 heavy (non-hydrogen) atoms. The van der Waals surface area contributed by atoms with Crippen molar-refractivity contribution >= 4 is 28.4 Å². The van der Waals surface area contributed by atoms with E-state index in [-0.39, 0.29) is 5.56 Å². The Kier molecular flexibility index (Phi) is 3.66. The number of rotatable bonds is 3. The van der Waals surface area contributed by atoms with Crippen molar-refractivity contribution in [1.82, 2.24) is 9.97 Å². The highest BCUT2D eigenvalue weighted by atomic mass is 32.2. The quantitative estimate of drug-likeness (QED) is 0.575. The van der Waals surface area contributed by atoms with E-state index in [1.807, 2.05) is 43.3 Å². The Balaban J connectivity index is 1.89. The van der Waals surface area contributed by atoms with E-state index >= 15 is 0 Å². The molecule has 0 spiro atoms. The van der Waals surface area contributed by atoms with Crippen LogP contribution in [0.3, 0.4) is 0 Å². The number of fused-ring (bicyclic) bond motifs is 1. The standard InChI is InChI=1S/C16H15N3OS/c1-10-5-4-8-13(15(10)17)21-9-14-18-12-7-3-2-6-11(12)16(20)19-14/h2-8H,9,17H2,1H3,(H,18,19,20). The fourth-order valence-electron chi connectivity index (χ4n) is 2.13. The van der Waals surface area contributed by atoms with Gasteiger partial charge in [0, 0.05) is 10.6 Å². The number of thioether (sulfide) groups is 1. The summed E-state index contributed by atoms with van der Waals surface area (Å²) in [5.74, 6) is 1.23. The topological polar surface area (TPSA) is 71.8 Å². The van der Waals surface area contributed by atoms with E-state index in [1.54, 1.807) is 17.8 Å². The van der Waals surface area contributed by atoms with Crippen LogP contribution in [-0.4, -0.2) is 9.97 Å². The Morgan fingerprint density at radius 1 is 1.19 bits per heavy atom. The zero-order chi connectivity index (χ0) is 14.8. The molecule has 2 aromatic carbocycles. The summed E-state index contributed by atoms with van der Waals surface area (Å²) in [5.41, 5.74) is 8.51. The van der Waals surface area contributed by atoms with E-state index < -0.39 is 0 Å². The lowest BCUT2D eigenvalue weighted by atomic mass is 10.2. The van der Waals surface area contributed by atoms with Crippen molar-refractivity contribution in [2.45, 2.75) is 17.6 Å². The molecule has 0 aliphatic carbocycles. The zero-order valence-electron chi connectivity index (χ0n) is 11.6. The largest absolute Gasteiger partial charge is 0.398 e. The van der Waals surface area contributed by atoms with Crippen molar-refractivity contribution in [1.29, 1.82) is 0 Å². The van der Waals surface area contributed by atoms with Crippen LogP contribution in [0, 0.1) is 6.92 Å². The Morgan fingerprint density at radius 3 is 2.86 bits per heavy atom. The maximum Gasteiger partial charge on any atom is 0.258 e. The molecule has 3 N–H and O–H groups in total. The number of nitrogen functional groups attached to an aromatic ring is 1. The third-order valence-corrected chi connectivity index (χ3v) is 4.40. The number of aryl methyl sites for hydroxylation is 1. The number of aromatic nitrogens is 2. The minimum absolute atomic E-state index is 0.103. The molecule has 0 saturated carbocycles. The Bertz CT molecular complexity index is 858. The average molecular weight is 297 g/mol. The molecular formula is C16H15N3OS. The molecule has 4 nitrogen and oxygen atoms in total. The van der Waals surface area contributed by atoms with Crippen molar-refractivity contribution in [3.8, 4) is 0 Å². The molecule has 0 atom stereocenters. The highest BCUT2D eigenvalue weighted by Gasteiger charge is 2.06. The fraction of sp³-hybridized carbons (Fsp3) is 0.125. The smallest absolute Gasteiger partial charge is 0.258 e. The van der Waals surface area contributed by atoms with Crippen LogP contribution in [0.2, 0.25) is 0 Å². The highest BCUT2D eigenvalue weighted by molar-refractivity contribution is 7.98. The van der Waals surface area contributed by atoms with Gasteiger partial charge in [0.2, 0.25) is 0 Å². The molecule has 3 rings (SSSR count). The van der Waals surface area contributed by atoms with Gasteiger partial charge in [0.05, 0.1) is 16.7 Å². The summed E-state index contributed by atoms with van der Waals surface area (Å²) in [6.45, 7) is 1.98. The lowest BCUT2D eigenvalue weighted by Gasteiger charge is -2.07. The molecule has 0 bridgehead atoms. The minimum atomic E-state index is -0.103. The maximum atomic E-state index is 12.0. The van der Waals surface area contributed by atoms with E-state index in [9.17, 15) is 4.79 Å². The summed E-state index contributed by atoms with van der Waals surface area (Å²) in [4.78, 5) is 20.3. The van der Waals surface area contributed by atoms with Gasteiger partial charge in [-0.3, -0.25) is 4.79 Å². The van der Waals surface area contributed by atoms with Gasteiger partial charge in [0.25, 0.3) is 5.56 Å². The lowest BCUT2D eigenvalue weighted by Crippen LogP contribution is -2.11. The van der Waals surface area contributed by atoms with Gasteiger partial charge >= 0.3 is 0 Å². The molecule has 0 saturated heterocycles. The van der Waals surface area contributed by atoms with E-state index in [0.717, 1.165) is 16.1 Å². The molecule has 1 heterocycles. The van der Waals surface area contributed by atoms with Gasteiger partial charge < -0.3 is 10.7 Å². The molecule has 0 aliphatic heterocycles. The number of benzene rings is 2. The van der Waals surface area contributed by atoms with Gasteiger partial charge in [-0.1, -0.05) is 24.3 Å². The first-order valence-electron chi connectivity index (χ1n) is 6.61. The molecule has 0 unspecified atom stereocenters. The Labute approximate surface area is 126 Å². The maximum absolute atomic E-state index is 12.0. The normalized spacial score (nSPS) is 10.9. The van der Waals surface area contributed by atoms with Crippen molar-refractivity contribution in [2.24, 2.45) is 0 Å². The van der Waals surface area contributed by atoms with Gasteiger partial charge in [-0.05, 0) is 30.7 Å². The highest BCUT2D eigenvalue weighted by Crippen LogP contribution is 2.29. The summed E-state index contributed by atoms with van der Waals surface area (Å²) in [6, 6.07) is 13.3. The predicted molar refractivity (Wildman–Crippen MR) is 87.5 cm³/mol. The fourth-order valence-corrected chi connectivity index (χ4v) is 3.05. The molecule has 0 radical (unpaired) electrons.